The summed E-state index contributed by atoms with van der Waals surface area (Å²) in [5.74, 6) is -0.593. The van der Waals surface area contributed by atoms with Crippen LogP contribution in [0.1, 0.15) is 44.7 Å². The first kappa shape index (κ1) is 21.2. The van der Waals surface area contributed by atoms with Crippen LogP contribution in [0.5, 0.6) is 0 Å². The molecule has 1 heterocycles. The number of rotatable bonds is 8. The molecule has 6 nitrogen and oxygen atoms in total. The van der Waals surface area contributed by atoms with E-state index in [0.717, 1.165) is 25.2 Å². The van der Waals surface area contributed by atoms with Crippen LogP contribution in [0.25, 0.3) is 0 Å². The van der Waals surface area contributed by atoms with Gasteiger partial charge in [-0.25, -0.2) is 0 Å². The molecule has 150 valence electrons. The van der Waals surface area contributed by atoms with E-state index in [9.17, 15) is 9.59 Å². The zero-order valence-corrected chi connectivity index (χ0v) is 17.1. The topological polar surface area (TPSA) is 64.7 Å². The van der Waals surface area contributed by atoms with Gasteiger partial charge in [0.15, 0.2) is 0 Å². The summed E-state index contributed by atoms with van der Waals surface area (Å²) in [4.78, 5) is 28.6. The van der Waals surface area contributed by atoms with Crippen molar-refractivity contribution in [2.24, 2.45) is 5.92 Å². The minimum absolute atomic E-state index is 0.0936. The van der Waals surface area contributed by atoms with Crippen molar-refractivity contribution in [3.05, 3.63) is 29.8 Å². The van der Waals surface area contributed by atoms with Gasteiger partial charge in [0.05, 0.1) is 6.04 Å². The second-order valence-electron chi connectivity index (χ2n) is 7.89. The number of likely N-dealkylation sites (tertiary alicyclic amines) is 1. The van der Waals surface area contributed by atoms with Gasteiger partial charge in [0, 0.05) is 32.9 Å². The van der Waals surface area contributed by atoms with Crippen LogP contribution < -0.4 is 15.5 Å². The number of hydrogen-bond donors (Lipinski definition) is 2. The molecule has 1 saturated heterocycles. The summed E-state index contributed by atoms with van der Waals surface area (Å²) in [5, 5.41) is 5.53. The van der Waals surface area contributed by atoms with E-state index in [0.29, 0.717) is 19.0 Å². The van der Waals surface area contributed by atoms with Gasteiger partial charge in [-0.15, -0.1) is 0 Å². The van der Waals surface area contributed by atoms with E-state index in [-0.39, 0.29) is 6.04 Å². The van der Waals surface area contributed by atoms with Crippen LogP contribution >= 0.6 is 0 Å². The molecule has 1 atom stereocenters. The van der Waals surface area contributed by atoms with Gasteiger partial charge in [0.2, 0.25) is 0 Å². The largest absolute Gasteiger partial charge is 0.378 e. The van der Waals surface area contributed by atoms with Crippen molar-refractivity contribution in [3.8, 4) is 0 Å². The summed E-state index contributed by atoms with van der Waals surface area (Å²) in [6.45, 7) is 7.21. The fourth-order valence-corrected chi connectivity index (χ4v) is 3.33. The highest BCUT2D eigenvalue weighted by atomic mass is 16.2. The molecule has 2 N–H and O–H groups in total. The fourth-order valence-electron chi connectivity index (χ4n) is 3.33. The number of nitrogens with zero attached hydrogens (tertiary/aromatic N) is 2. The van der Waals surface area contributed by atoms with Crippen LogP contribution in [0.2, 0.25) is 0 Å². The van der Waals surface area contributed by atoms with E-state index in [1.54, 1.807) is 0 Å². The number of carbonyl (C=O) groups excluding carboxylic acids is 2. The molecule has 1 aliphatic rings. The first-order valence-electron chi connectivity index (χ1n) is 9.96. The molecule has 0 spiro atoms. The third-order valence-electron chi connectivity index (χ3n) is 5.05. The van der Waals surface area contributed by atoms with Gasteiger partial charge in [-0.3, -0.25) is 14.5 Å². The first-order valence-corrected chi connectivity index (χ1v) is 9.96. The maximum atomic E-state index is 12.2. The first-order chi connectivity index (χ1) is 12.9. The Labute approximate surface area is 163 Å². The summed E-state index contributed by atoms with van der Waals surface area (Å²) in [7, 11) is 4.04. The minimum atomic E-state index is -0.548. The van der Waals surface area contributed by atoms with Crippen LogP contribution in [-0.2, 0) is 9.59 Å². The molecule has 0 bridgehead atoms. The second kappa shape index (κ2) is 10.3. The summed E-state index contributed by atoms with van der Waals surface area (Å²) in [6.07, 6.45) is 3.22. The lowest BCUT2D eigenvalue weighted by atomic mass is 10.0. The molecule has 2 amide bonds. The summed E-state index contributed by atoms with van der Waals surface area (Å²) in [5.41, 5.74) is 2.32. The molecule has 0 radical (unpaired) electrons. The Bertz CT molecular complexity index is 607. The maximum absolute atomic E-state index is 12.2. The third-order valence-corrected chi connectivity index (χ3v) is 5.05. The zero-order valence-electron chi connectivity index (χ0n) is 17.1. The van der Waals surface area contributed by atoms with Crippen molar-refractivity contribution in [1.29, 1.82) is 0 Å². The SMILES string of the molecule is CC(C)CCNC(=O)C(=O)NC[C@@H](c1ccc(N(C)C)cc1)N1CCCC1. The molecular weight excluding hydrogens is 340 g/mol. The molecule has 1 aliphatic heterocycles. The number of carbonyl (C=O) groups is 2. The number of nitrogens with one attached hydrogen (secondary N) is 2. The highest BCUT2D eigenvalue weighted by molar-refractivity contribution is 6.35. The van der Waals surface area contributed by atoms with Gasteiger partial charge in [0.25, 0.3) is 0 Å². The number of benzene rings is 1. The third kappa shape index (κ3) is 6.54. The number of anilines is 1. The molecule has 0 unspecified atom stereocenters. The van der Waals surface area contributed by atoms with Crippen LogP contribution in [0, 0.1) is 5.92 Å². The van der Waals surface area contributed by atoms with Crippen LogP contribution in [0.3, 0.4) is 0 Å². The predicted molar refractivity (Wildman–Crippen MR) is 110 cm³/mol. The molecule has 27 heavy (non-hydrogen) atoms. The molecular formula is C21H34N4O2. The fraction of sp³-hybridized carbons (Fsp3) is 0.619. The van der Waals surface area contributed by atoms with Gasteiger partial charge in [0.1, 0.15) is 0 Å². The normalized spacial score (nSPS) is 15.6. The highest BCUT2D eigenvalue weighted by Gasteiger charge is 2.25. The minimum Gasteiger partial charge on any atom is -0.378 e. The molecule has 0 saturated carbocycles. The average Bonchev–Trinajstić information content (AvgIpc) is 3.16. The van der Waals surface area contributed by atoms with E-state index in [1.807, 2.05) is 14.1 Å². The van der Waals surface area contributed by atoms with Gasteiger partial charge in [-0.2, -0.15) is 0 Å². The predicted octanol–water partition coefficient (Wildman–Crippen LogP) is 2.17. The Morgan fingerprint density at radius 3 is 2.19 bits per heavy atom. The standard InChI is InChI=1S/C21H34N4O2/c1-16(2)11-12-22-20(26)21(27)23-15-19(25-13-5-6-14-25)17-7-9-18(10-8-17)24(3)4/h7-10,16,19H,5-6,11-15H2,1-4H3,(H,22,26)(H,23,27)/t19-/m0/s1. The Morgan fingerprint density at radius 2 is 1.63 bits per heavy atom. The van der Waals surface area contributed by atoms with Gasteiger partial charge in [-0.05, 0) is 56.0 Å². The molecule has 2 rings (SSSR count). The van der Waals surface area contributed by atoms with Crippen molar-refractivity contribution >= 4 is 17.5 Å². The monoisotopic (exact) mass is 374 g/mol. The Kier molecular flexibility index (Phi) is 8.10. The lowest BCUT2D eigenvalue weighted by molar-refractivity contribution is -0.139. The lowest BCUT2D eigenvalue weighted by Gasteiger charge is -2.28. The van der Waals surface area contributed by atoms with E-state index in [2.05, 4.69) is 58.5 Å². The molecule has 1 fully saturated rings. The maximum Gasteiger partial charge on any atom is 0.309 e. The zero-order chi connectivity index (χ0) is 19.8. The Balaban J connectivity index is 1.96. The van der Waals surface area contributed by atoms with Crippen molar-refractivity contribution < 1.29 is 9.59 Å². The van der Waals surface area contributed by atoms with Crippen LogP contribution in [0.4, 0.5) is 5.69 Å². The van der Waals surface area contributed by atoms with Crippen LogP contribution in [0.15, 0.2) is 24.3 Å². The van der Waals surface area contributed by atoms with E-state index in [4.69, 9.17) is 0 Å². The van der Waals surface area contributed by atoms with Crippen LogP contribution in [-0.4, -0.2) is 57.0 Å². The highest BCUT2D eigenvalue weighted by Crippen LogP contribution is 2.26. The Hall–Kier alpha value is -2.08. The van der Waals surface area contributed by atoms with E-state index < -0.39 is 11.8 Å². The number of hydrogen-bond acceptors (Lipinski definition) is 4. The average molecular weight is 375 g/mol. The molecule has 1 aromatic carbocycles. The van der Waals surface area contributed by atoms with Gasteiger partial charge in [-0.1, -0.05) is 26.0 Å². The molecule has 0 aromatic heterocycles. The van der Waals surface area contributed by atoms with Crippen molar-refractivity contribution in [2.45, 2.75) is 39.2 Å². The quantitative estimate of drug-likeness (QED) is 0.685. The second-order valence-corrected chi connectivity index (χ2v) is 7.89. The molecule has 0 aliphatic carbocycles. The van der Waals surface area contributed by atoms with Crippen molar-refractivity contribution in [2.75, 3.05) is 45.2 Å². The van der Waals surface area contributed by atoms with Gasteiger partial charge >= 0.3 is 11.8 Å². The molecule has 6 heteroatoms. The number of amides is 2. The van der Waals surface area contributed by atoms with Gasteiger partial charge < -0.3 is 15.5 Å². The van der Waals surface area contributed by atoms with E-state index in [1.165, 1.54) is 18.4 Å². The summed E-state index contributed by atoms with van der Waals surface area (Å²) in [6, 6.07) is 8.52. The van der Waals surface area contributed by atoms with E-state index >= 15 is 0 Å². The van der Waals surface area contributed by atoms with Crippen molar-refractivity contribution in [1.82, 2.24) is 15.5 Å². The summed E-state index contributed by atoms with van der Waals surface area (Å²) >= 11 is 0. The Morgan fingerprint density at radius 1 is 1.04 bits per heavy atom. The molecule has 1 aromatic rings. The summed E-state index contributed by atoms with van der Waals surface area (Å²) < 4.78 is 0. The van der Waals surface area contributed by atoms with Crippen molar-refractivity contribution in [3.63, 3.8) is 0 Å². The lowest BCUT2D eigenvalue weighted by Crippen LogP contribution is -2.44. The smallest absolute Gasteiger partial charge is 0.309 e.